The number of benzene rings is 2. The Morgan fingerprint density at radius 1 is 0.962 bits per heavy atom. The molecule has 0 aromatic heterocycles. The highest BCUT2D eigenvalue weighted by Gasteiger charge is 2.27. The maximum absolute atomic E-state index is 12.6. The molecular formula is C21H25ClN2O2. The predicted molar refractivity (Wildman–Crippen MR) is 105 cm³/mol. The summed E-state index contributed by atoms with van der Waals surface area (Å²) in [6.45, 7) is 6.26. The lowest BCUT2D eigenvalue weighted by atomic mass is 10.1. The van der Waals surface area contributed by atoms with Gasteiger partial charge in [0, 0.05) is 24.0 Å². The van der Waals surface area contributed by atoms with Crippen LogP contribution < -0.4 is 5.32 Å². The lowest BCUT2D eigenvalue weighted by Crippen LogP contribution is -2.48. The second-order valence-electron chi connectivity index (χ2n) is 6.63. The van der Waals surface area contributed by atoms with Crippen molar-refractivity contribution >= 4 is 23.4 Å². The molecule has 0 aliphatic rings. The van der Waals surface area contributed by atoms with Gasteiger partial charge < -0.3 is 10.2 Å². The first kappa shape index (κ1) is 20.0. The third-order valence-corrected chi connectivity index (χ3v) is 4.45. The molecule has 2 rings (SSSR count). The first-order valence-corrected chi connectivity index (χ1v) is 9.13. The molecule has 2 aromatic rings. The molecule has 0 aliphatic heterocycles. The number of nitrogens with zero attached hydrogens (tertiary/aromatic N) is 1. The first-order valence-electron chi connectivity index (χ1n) is 8.75. The zero-order chi connectivity index (χ0) is 19.1. The number of hydrogen-bond acceptors (Lipinski definition) is 2. The van der Waals surface area contributed by atoms with Gasteiger partial charge in [-0.25, -0.2) is 0 Å². The van der Waals surface area contributed by atoms with E-state index in [0.29, 0.717) is 18.1 Å². The summed E-state index contributed by atoms with van der Waals surface area (Å²) < 4.78 is 0. The Kier molecular flexibility index (Phi) is 7.22. The molecule has 0 unspecified atom stereocenters. The molecule has 0 aliphatic carbocycles. The highest BCUT2D eigenvalue weighted by atomic mass is 35.5. The van der Waals surface area contributed by atoms with Gasteiger partial charge in [0.25, 0.3) is 0 Å². The summed E-state index contributed by atoms with van der Waals surface area (Å²) in [5.41, 5.74) is 1.96. The summed E-state index contributed by atoms with van der Waals surface area (Å²) in [5, 5.41) is 3.56. The van der Waals surface area contributed by atoms with Crippen molar-refractivity contribution in [2.24, 2.45) is 5.92 Å². The monoisotopic (exact) mass is 372 g/mol. The summed E-state index contributed by atoms with van der Waals surface area (Å²) in [7, 11) is 0. The molecule has 5 heteroatoms. The molecular weight excluding hydrogens is 348 g/mol. The molecule has 1 N–H and O–H groups in total. The fourth-order valence-corrected chi connectivity index (χ4v) is 2.72. The van der Waals surface area contributed by atoms with Crippen LogP contribution in [0, 0.1) is 5.92 Å². The van der Waals surface area contributed by atoms with Gasteiger partial charge in [0.05, 0.1) is 0 Å². The van der Waals surface area contributed by atoms with Crippen LogP contribution in [0.5, 0.6) is 0 Å². The quantitative estimate of drug-likeness (QED) is 0.797. The summed E-state index contributed by atoms with van der Waals surface area (Å²) in [6.07, 6.45) is 0. The number of rotatable bonds is 7. The van der Waals surface area contributed by atoms with Gasteiger partial charge in [-0.3, -0.25) is 9.59 Å². The smallest absolute Gasteiger partial charge is 0.242 e. The molecule has 0 fully saturated rings. The van der Waals surface area contributed by atoms with Crippen LogP contribution in [0.2, 0.25) is 5.02 Å². The Bertz CT molecular complexity index is 729. The van der Waals surface area contributed by atoms with Crippen LogP contribution in [0.3, 0.4) is 0 Å². The molecule has 138 valence electrons. The van der Waals surface area contributed by atoms with Crippen molar-refractivity contribution in [3.63, 3.8) is 0 Å². The van der Waals surface area contributed by atoms with Crippen molar-refractivity contribution < 1.29 is 9.59 Å². The average molecular weight is 373 g/mol. The van der Waals surface area contributed by atoms with E-state index in [2.05, 4.69) is 5.32 Å². The Labute approximate surface area is 160 Å². The van der Waals surface area contributed by atoms with Gasteiger partial charge in [-0.05, 0) is 30.2 Å². The van der Waals surface area contributed by atoms with Crippen molar-refractivity contribution in [2.45, 2.75) is 39.9 Å². The van der Waals surface area contributed by atoms with Crippen LogP contribution >= 0.6 is 11.6 Å². The van der Waals surface area contributed by atoms with Crippen molar-refractivity contribution in [3.8, 4) is 0 Å². The third-order valence-electron chi connectivity index (χ3n) is 4.20. The number of carbonyl (C=O) groups excluding carboxylic acids is 2. The fourth-order valence-electron chi connectivity index (χ4n) is 2.60. The van der Waals surface area contributed by atoms with Crippen LogP contribution in [0.15, 0.2) is 54.6 Å². The minimum Gasteiger partial charge on any atom is -0.350 e. The maximum Gasteiger partial charge on any atom is 0.242 e. The summed E-state index contributed by atoms with van der Waals surface area (Å²) in [4.78, 5) is 26.9. The van der Waals surface area contributed by atoms with E-state index in [-0.39, 0.29) is 17.7 Å². The van der Waals surface area contributed by atoms with Crippen LogP contribution in [0.25, 0.3) is 0 Å². The highest BCUT2D eigenvalue weighted by molar-refractivity contribution is 6.30. The molecule has 0 heterocycles. The Balaban J connectivity index is 2.06. The van der Waals surface area contributed by atoms with E-state index in [1.54, 1.807) is 24.0 Å². The second kappa shape index (κ2) is 9.39. The van der Waals surface area contributed by atoms with Crippen LogP contribution in [-0.2, 0) is 22.7 Å². The number of carbonyl (C=O) groups is 2. The van der Waals surface area contributed by atoms with Gasteiger partial charge in [-0.1, -0.05) is 67.9 Å². The van der Waals surface area contributed by atoms with E-state index in [4.69, 9.17) is 11.6 Å². The van der Waals surface area contributed by atoms with Crippen LogP contribution in [-0.4, -0.2) is 22.8 Å². The summed E-state index contributed by atoms with van der Waals surface area (Å²) in [5.74, 6) is -0.391. The highest BCUT2D eigenvalue weighted by Crippen LogP contribution is 2.14. The molecule has 0 spiro atoms. The van der Waals surface area contributed by atoms with Gasteiger partial charge in [0.15, 0.2) is 0 Å². The van der Waals surface area contributed by atoms with Gasteiger partial charge in [0.1, 0.15) is 6.04 Å². The standard InChI is InChI=1S/C21H25ClN2O2/c1-15(2)21(26)24(14-18-7-5-4-6-8-18)16(3)20(25)23-13-17-9-11-19(22)12-10-17/h4-12,15-16H,13-14H2,1-3H3,(H,23,25)/t16-/m1/s1. The fraction of sp³-hybridized carbons (Fsp3) is 0.333. The van der Waals surface area contributed by atoms with Crippen molar-refractivity contribution in [1.29, 1.82) is 0 Å². The van der Waals surface area contributed by atoms with Gasteiger partial charge in [0.2, 0.25) is 11.8 Å². The molecule has 26 heavy (non-hydrogen) atoms. The first-order chi connectivity index (χ1) is 12.4. The minimum absolute atomic E-state index is 0.0389. The molecule has 0 saturated heterocycles. The number of halogens is 1. The zero-order valence-corrected chi connectivity index (χ0v) is 16.2. The number of nitrogens with one attached hydrogen (secondary N) is 1. The number of hydrogen-bond donors (Lipinski definition) is 1. The Hall–Kier alpha value is -2.33. The van der Waals surface area contributed by atoms with Crippen LogP contribution in [0.1, 0.15) is 31.9 Å². The topological polar surface area (TPSA) is 49.4 Å². The second-order valence-corrected chi connectivity index (χ2v) is 7.06. The SMILES string of the molecule is CC(C)C(=O)N(Cc1ccccc1)[C@H](C)C(=O)NCc1ccc(Cl)cc1. The van der Waals surface area contributed by atoms with Gasteiger partial charge >= 0.3 is 0 Å². The summed E-state index contributed by atoms with van der Waals surface area (Å²) in [6, 6.07) is 16.5. The van der Waals surface area contributed by atoms with E-state index in [9.17, 15) is 9.59 Å². The van der Waals surface area contributed by atoms with E-state index < -0.39 is 6.04 Å². The largest absolute Gasteiger partial charge is 0.350 e. The average Bonchev–Trinajstić information content (AvgIpc) is 2.65. The van der Waals surface area contributed by atoms with E-state index in [1.807, 2.05) is 56.3 Å². The lowest BCUT2D eigenvalue weighted by molar-refractivity contribution is -0.143. The summed E-state index contributed by atoms with van der Waals surface area (Å²) >= 11 is 5.88. The van der Waals surface area contributed by atoms with Gasteiger partial charge in [-0.15, -0.1) is 0 Å². The van der Waals surface area contributed by atoms with Crippen LogP contribution in [0.4, 0.5) is 0 Å². The predicted octanol–water partition coefficient (Wildman–Crippen LogP) is 4.03. The van der Waals surface area contributed by atoms with E-state index in [1.165, 1.54) is 0 Å². The normalized spacial score (nSPS) is 11.9. The maximum atomic E-state index is 12.6. The lowest BCUT2D eigenvalue weighted by Gasteiger charge is -2.30. The Morgan fingerprint density at radius 3 is 2.15 bits per heavy atom. The molecule has 4 nitrogen and oxygen atoms in total. The van der Waals surface area contributed by atoms with E-state index >= 15 is 0 Å². The third kappa shape index (κ3) is 5.60. The number of amides is 2. The molecule has 0 bridgehead atoms. The minimum atomic E-state index is -0.558. The van der Waals surface area contributed by atoms with Crippen molar-refractivity contribution in [3.05, 3.63) is 70.7 Å². The molecule has 0 saturated carbocycles. The molecule has 0 radical (unpaired) electrons. The van der Waals surface area contributed by atoms with E-state index in [0.717, 1.165) is 11.1 Å². The van der Waals surface area contributed by atoms with Gasteiger partial charge in [-0.2, -0.15) is 0 Å². The molecule has 2 aromatic carbocycles. The zero-order valence-electron chi connectivity index (χ0n) is 15.4. The van der Waals surface area contributed by atoms with Crippen molar-refractivity contribution in [2.75, 3.05) is 0 Å². The molecule has 1 atom stereocenters. The van der Waals surface area contributed by atoms with Crippen molar-refractivity contribution in [1.82, 2.24) is 10.2 Å². The Morgan fingerprint density at radius 2 is 1.58 bits per heavy atom. The molecule has 2 amide bonds.